The van der Waals surface area contributed by atoms with Crippen LogP contribution in [0.15, 0.2) is 60.7 Å². The quantitative estimate of drug-likeness (QED) is 0.317. The number of urea groups is 1. The zero-order chi connectivity index (χ0) is 27.8. The summed E-state index contributed by atoms with van der Waals surface area (Å²) in [5.41, 5.74) is 0.0763. The van der Waals surface area contributed by atoms with Crippen molar-refractivity contribution in [3.63, 3.8) is 0 Å². The highest BCUT2D eigenvalue weighted by Gasteiger charge is 2.59. The molecule has 0 saturated carbocycles. The van der Waals surface area contributed by atoms with Crippen LogP contribution in [-0.4, -0.2) is 24.5 Å². The predicted molar refractivity (Wildman–Crippen MR) is 118 cm³/mol. The summed E-state index contributed by atoms with van der Waals surface area (Å²) in [7, 11) is 0. The molecule has 3 aromatic carbocycles. The lowest BCUT2D eigenvalue weighted by atomic mass is 9.97. The highest BCUT2D eigenvalue weighted by atomic mass is 19.4. The zero-order valence-electron chi connectivity index (χ0n) is 18.7. The molecule has 2 N–H and O–H groups in total. The molecule has 3 aromatic rings. The van der Waals surface area contributed by atoms with E-state index in [1.807, 2.05) is 0 Å². The Morgan fingerprint density at radius 2 is 1.53 bits per heavy atom. The topological polar surface area (TPSA) is 50.4 Å². The van der Waals surface area contributed by atoms with Crippen LogP contribution in [0, 0.1) is 17.5 Å². The molecule has 0 aliphatic heterocycles. The van der Waals surface area contributed by atoms with Crippen molar-refractivity contribution < 1.29 is 49.0 Å². The predicted octanol–water partition coefficient (Wildman–Crippen LogP) is 7.39. The molecule has 1 aliphatic rings. The molecule has 2 amide bonds. The molecular formula is C25H15F9N2O2. The number of alkyl halides is 6. The lowest BCUT2D eigenvalue weighted by molar-refractivity contribution is -0.305. The molecule has 2 unspecified atom stereocenters. The van der Waals surface area contributed by atoms with E-state index in [4.69, 9.17) is 0 Å². The summed E-state index contributed by atoms with van der Waals surface area (Å²) >= 11 is 0. The molecule has 13 heteroatoms. The van der Waals surface area contributed by atoms with Crippen LogP contribution in [-0.2, 0) is 0 Å². The summed E-state index contributed by atoms with van der Waals surface area (Å²) in [6.07, 6.45) is -14.5. The first-order chi connectivity index (χ1) is 17.8. The first-order valence-corrected chi connectivity index (χ1v) is 10.7. The van der Waals surface area contributed by atoms with Gasteiger partial charge in [0.2, 0.25) is 0 Å². The number of benzene rings is 3. The Morgan fingerprint density at radius 3 is 2.16 bits per heavy atom. The maximum Gasteiger partial charge on any atom is 0.439 e. The van der Waals surface area contributed by atoms with Gasteiger partial charge in [-0.1, -0.05) is 30.3 Å². The summed E-state index contributed by atoms with van der Waals surface area (Å²) in [6, 6.07) is 9.08. The lowest BCUT2D eigenvalue weighted by Gasteiger charge is -2.23. The first-order valence-electron chi connectivity index (χ1n) is 10.7. The van der Waals surface area contributed by atoms with E-state index in [2.05, 4.69) is 15.4 Å². The van der Waals surface area contributed by atoms with E-state index in [-0.39, 0.29) is 11.6 Å². The van der Waals surface area contributed by atoms with E-state index in [0.29, 0.717) is 23.3 Å². The Hall–Kier alpha value is -4.16. The van der Waals surface area contributed by atoms with Crippen molar-refractivity contribution in [3.8, 4) is 5.75 Å². The fraction of sp³-hybridized carbons (Fsp3) is 0.160. The van der Waals surface area contributed by atoms with E-state index in [0.717, 1.165) is 18.2 Å². The van der Waals surface area contributed by atoms with Gasteiger partial charge >= 0.3 is 18.3 Å². The van der Waals surface area contributed by atoms with Gasteiger partial charge in [0.15, 0.2) is 0 Å². The highest BCUT2D eigenvalue weighted by molar-refractivity contribution is 5.96. The fourth-order valence-corrected chi connectivity index (χ4v) is 3.82. The van der Waals surface area contributed by atoms with Gasteiger partial charge in [-0.2, -0.15) is 22.0 Å². The second-order valence-electron chi connectivity index (χ2n) is 8.07. The van der Waals surface area contributed by atoms with Crippen molar-refractivity contribution in [2.75, 3.05) is 5.32 Å². The van der Waals surface area contributed by atoms with Crippen molar-refractivity contribution in [2.45, 2.75) is 24.5 Å². The minimum Gasteiger partial charge on any atom is -0.430 e. The van der Waals surface area contributed by atoms with E-state index in [9.17, 15) is 44.3 Å². The Morgan fingerprint density at radius 1 is 0.868 bits per heavy atom. The number of amides is 2. The van der Waals surface area contributed by atoms with Gasteiger partial charge in [-0.15, -0.1) is 0 Å². The average molecular weight is 546 g/mol. The summed E-state index contributed by atoms with van der Waals surface area (Å²) in [6.45, 7) is 0. The van der Waals surface area contributed by atoms with Crippen LogP contribution in [0.3, 0.4) is 0 Å². The molecule has 1 aliphatic carbocycles. The third kappa shape index (κ3) is 5.41. The van der Waals surface area contributed by atoms with Gasteiger partial charge in [0.1, 0.15) is 23.2 Å². The summed E-state index contributed by atoms with van der Waals surface area (Å²) < 4.78 is 124. The molecular weight excluding hydrogens is 531 g/mol. The van der Waals surface area contributed by atoms with Gasteiger partial charge in [0.25, 0.3) is 6.17 Å². The van der Waals surface area contributed by atoms with Crippen LogP contribution in [0.4, 0.5) is 50.0 Å². The van der Waals surface area contributed by atoms with Crippen molar-refractivity contribution in [1.82, 2.24) is 5.32 Å². The normalized spacial score (nSPS) is 15.9. The molecule has 4 nitrogen and oxygen atoms in total. The fourth-order valence-electron chi connectivity index (χ4n) is 3.82. The monoisotopic (exact) mass is 546 g/mol. The van der Waals surface area contributed by atoms with Crippen LogP contribution in [0.25, 0.3) is 11.6 Å². The lowest BCUT2D eigenvalue weighted by Crippen LogP contribution is -2.45. The van der Waals surface area contributed by atoms with Crippen LogP contribution in [0.2, 0.25) is 0 Å². The zero-order valence-corrected chi connectivity index (χ0v) is 18.7. The molecule has 200 valence electrons. The van der Waals surface area contributed by atoms with Crippen molar-refractivity contribution in [3.05, 3.63) is 94.8 Å². The van der Waals surface area contributed by atoms with Crippen molar-refractivity contribution in [2.24, 2.45) is 0 Å². The van der Waals surface area contributed by atoms with Crippen LogP contribution >= 0.6 is 0 Å². The average Bonchev–Trinajstić information content (AvgIpc) is 3.17. The smallest absolute Gasteiger partial charge is 0.430 e. The van der Waals surface area contributed by atoms with E-state index < -0.39 is 65.0 Å². The number of ether oxygens (including phenoxy) is 1. The second kappa shape index (κ2) is 9.95. The summed E-state index contributed by atoms with van der Waals surface area (Å²) in [5.74, 6) is -4.33. The first kappa shape index (κ1) is 26.9. The molecule has 4 rings (SSSR count). The number of hydrogen-bond acceptors (Lipinski definition) is 2. The SMILES string of the molecule is O=C(Nc1ccc(OC(F)(F)C(F)C(F)(F)F)cc1F)NC1C(c2c(F)cccc2F)=Cc2ccccc21. The van der Waals surface area contributed by atoms with Crippen LogP contribution in [0.5, 0.6) is 5.75 Å². The molecule has 0 bridgehead atoms. The Balaban J connectivity index is 1.53. The van der Waals surface area contributed by atoms with Gasteiger partial charge in [0.05, 0.1) is 17.3 Å². The number of carbonyl (C=O) groups excluding carboxylic acids is 1. The number of nitrogens with one attached hydrogen (secondary N) is 2. The number of anilines is 1. The molecule has 0 heterocycles. The minimum atomic E-state index is -5.93. The number of fused-ring (bicyclic) bond motifs is 1. The highest BCUT2D eigenvalue weighted by Crippen LogP contribution is 2.42. The Labute approximate surface area is 208 Å². The van der Waals surface area contributed by atoms with E-state index in [1.165, 1.54) is 6.08 Å². The van der Waals surface area contributed by atoms with E-state index in [1.54, 1.807) is 24.3 Å². The van der Waals surface area contributed by atoms with Gasteiger partial charge in [0, 0.05) is 6.07 Å². The molecule has 38 heavy (non-hydrogen) atoms. The standard InChI is InChI=1S/C25H15F9N2O2/c26-16-6-3-7-17(27)20(16)15-10-12-4-1-2-5-14(12)21(15)36-23(37)35-19-9-8-13(11-18(19)28)38-25(33,34)22(29)24(30,31)32/h1-11,21-22H,(H2,35,36,37). The number of rotatable bonds is 6. The third-order valence-corrected chi connectivity index (χ3v) is 5.48. The van der Waals surface area contributed by atoms with Crippen LogP contribution < -0.4 is 15.4 Å². The van der Waals surface area contributed by atoms with Gasteiger partial charge in [-0.05, 0) is 47.0 Å². The third-order valence-electron chi connectivity index (χ3n) is 5.48. The summed E-state index contributed by atoms with van der Waals surface area (Å²) in [5, 5.41) is 4.52. The molecule has 0 spiro atoms. The molecule has 0 radical (unpaired) electrons. The molecule has 0 saturated heterocycles. The van der Waals surface area contributed by atoms with Crippen LogP contribution in [0.1, 0.15) is 22.7 Å². The van der Waals surface area contributed by atoms with Gasteiger partial charge < -0.3 is 15.4 Å². The molecule has 0 aromatic heterocycles. The maximum absolute atomic E-state index is 14.5. The van der Waals surface area contributed by atoms with E-state index >= 15 is 0 Å². The van der Waals surface area contributed by atoms with Crippen molar-refractivity contribution >= 4 is 23.4 Å². The maximum atomic E-state index is 14.5. The number of carbonyl (C=O) groups is 1. The van der Waals surface area contributed by atoms with Gasteiger partial charge in [-0.25, -0.2) is 22.4 Å². The van der Waals surface area contributed by atoms with Crippen molar-refractivity contribution in [1.29, 1.82) is 0 Å². The molecule has 2 atom stereocenters. The Bertz CT molecular complexity index is 1390. The largest absolute Gasteiger partial charge is 0.439 e. The number of halogens is 9. The molecule has 0 fully saturated rings. The minimum absolute atomic E-state index is 0.0637. The Kier molecular flexibility index (Phi) is 7.04. The number of hydrogen-bond donors (Lipinski definition) is 2. The second-order valence-corrected chi connectivity index (χ2v) is 8.07. The summed E-state index contributed by atoms with van der Waals surface area (Å²) in [4.78, 5) is 12.7. The van der Waals surface area contributed by atoms with Gasteiger partial charge in [-0.3, -0.25) is 0 Å².